The standard InChI is InChI=1S/C23H28N4O3/c28-21(17-7-8-24-12-17)26-13-16-11-18(15-26)20-6-5-19(23(30)27(20)14-16)22(29)25-9-3-1-2-4-10-25/h5-8,12,16,18,24H,1-4,9-11,13-15H2/t16-,18+/m0/s1. The summed E-state index contributed by atoms with van der Waals surface area (Å²) >= 11 is 0. The molecule has 0 spiro atoms. The molecular weight excluding hydrogens is 380 g/mol. The van der Waals surface area contributed by atoms with E-state index < -0.39 is 0 Å². The number of fused-ring (bicyclic) bond motifs is 4. The van der Waals surface area contributed by atoms with E-state index in [-0.39, 0.29) is 29.2 Å². The van der Waals surface area contributed by atoms with Crippen molar-refractivity contribution in [2.24, 2.45) is 5.92 Å². The van der Waals surface area contributed by atoms with Crippen LogP contribution < -0.4 is 5.56 Å². The first-order valence-electron chi connectivity index (χ1n) is 11.1. The fourth-order valence-corrected chi connectivity index (χ4v) is 5.36. The second-order valence-corrected chi connectivity index (χ2v) is 8.90. The number of nitrogens with zero attached hydrogens (tertiary/aromatic N) is 3. The van der Waals surface area contributed by atoms with Crippen LogP contribution in [0.1, 0.15) is 64.4 Å². The number of carbonyl (C=O) groups is 2. The van der Waals surface area contributed by atoms with E-state index in [1.807, 2.05) is 20.4 Å². The number of carbonyl (C=O) groups excluding carboxylic acids is 2. The van der Waals surface area contributed by atoms with Crippen molar-refractivity contribution in [2.45, 2.75) is 44.6 Å². The van der Waals surface area contributed by atoms with Gasteiger partial charge >= 0.3 is 0 Å². The Bertz CT molecular complexity index is 1000. The summed E-state index contributed by atoms with van der Waals surface area (Å²) in [5.41, 5.74) is 1.75. The third-order valence-corrected chi connectivity index (χ3v) is 6.86. The fraction of sp³-hybridized carbons (Fsp3) is 0.522. The Hall–Kier alpha value is -2.83. The Morgan fingerprint density at radius 3 is 2.43 bits per heavy atom. The van der Waals surface area contributed by atoms with Crippen molar-refractivity contribution in [1.82, 2.24) is 19.4 Å². The zero-order valence-electron chi connectivity index (χ0n) is 17.2. The van der Waals surface area contributed by atoms with Gasteiger partial charge in [-0.3, -0.25) is 14.4 Å². The van der Waals surface area contributed by atoms with E-state index >= 15 is 0 Å². The van der Waals surface area contributed by atoms with Gasteiger partial charge in [0.25, 0.3) is 17.4 Å². The first-order valence-corrected chi connectivity index (χ1v) is 11.1. The lowest BCUT2D eigenvalue weighted by Crippen LogP contribution is -2.50. The van der Waals surface area contributed by atoms with Crippen molar-refractivity contribution in [1.29, 1.82) is 0 Å². The maximum atomic E-state index is 13.2. The smallest absolute Gasteiger partial charge is 0.263 e. The van der Waals surface area contributed by atoms with Gasteiger partial charge in [0.15, 0.2) is 0 Å². The Morgan fingerprint density at radius 1 is 0.900 bits per heavy atom. The van der Waals surface area contributed by atoms with Gasteiger partial charge < -0.3 is 19.4 Å². The van der Waals surface area contributed by atoms with E-state index in [0.717, 1.165) is 50.9 Å². The van der Waals surface area contributed by atoms with Crippen molar-refractivity contribution in [3.8, 4) is 0 Å². The Kier molecular flexibility index (Phi) is 4.97. The molecule has 0 unspecified atom stereocenters. The lowest BCUT2D eigenvalue weighted by atomic mass is 9.82. The lowest BCUT2D eigenvalue weighted by Gasteiger charge is -2.42. The molecule has 5 heterocycles. The number of likely N-dealkylation sites (tertiary alicyclic amines) is 2. The molecule has 30 heavy (non-hydrogen) atoms. The number of nitrogens with one attached hydrogen (secondary N) is 1. The van der Waals surface area contributed by atoms with Crippen LogP contribution in [0.15, 0.2) is 35.4 Å². The SMILES string of the molecule is O=C(c1cc[nH]c1)N1C[C@@H]2C[C@H](C1)c1ccc(C(=O)N3CCCCCC3)c(=O)n1C2. The van der Waals surface area contributed by atoms with Gasteiger partial charge in [-0.15, -0.1) is 0 Å². The summed E-state index contributed by atoms with van der Waals surface area (Å²) in [6.07, 6.45) is 8.78. The normalized spacial score (nSPS) is 23.6. The summed E-state index contributed by atoms with van der Waals surface area (Å²) in [6, 6.07) is 5.46. The fourth-order valence-electron chi connectivity index (χ4n) is 5.36. The molecule has 2 aromatic heterocycles. The van der Waals surface area contributed by atoms with Crippen LogP contribution in [-0.4, -0.2) is 57.3 Å². The lowest BCUT2D eigenvalue weighted by molar-refractivity contribution is 0.0594. The van der Waals surface area contributed by atoms with Crippen LogP contribution >= 0.6 is 0 Å². The van der Waals surface area contributed by atoms with Crippen molar-refractivity contribution in [3.05, 3.63) is 57.8 Å². The number of piperidine rings is 1. The summed E-state index contributed by atoms with van der Waals surface area (Å²) in [6.45, 7) is 3.31. The molecule has 2 atom stereocenters. The minimum Gasteiger partial charge on any atom is -0.367 e. The van der Waals surface area contributed by atoms with Crippen molar-refractivity contribution >= 4 is 11.8 Å². The number of pyridine rings is 1. The number of H-pyrrole nitrogens is 1. The molecule has 2 bridgehead atoms. The first-order chi connectivity index (χ1) is 14.6. The van der Waals surface area contributed by atoms with Crippen LogP contribution in [0.2, 0.25) is 0 Å². The molecule has 0 aromatic carbocycles. The molecule has 7 heteroatoms. The number of hydrogen-bond acceptors (Lipinski definition) is 3. The summed E-state index contributed by atoms with van der Waals surface area (Å²) in [4.78, 5) is 45.8. The van der Waals surface area contributed by atoms with Gasteiger partial charge in [-0.25, -0.2) is 0 Å². The summed E-state index contributed by atoms with van der Waals surface area (Å²) in [5, 5.41) is 0. The van der Waals surface area contributed by atoms with Crippen LogP contribution in [-0.2, 0) is 6.54 Å². The van der Waals surface area contributed by atoms with Gasteiger partial charge in [0.2, 0.25) is 0 Å². The van der Waals surface area contributed by atoms with E-state index in [2.05, 4.69) is 4.98 Å². The predicted molar refractivity (Wildman–Crippen MR) is 113 cm³/mol. The molecule has 5 rings (SSSR count). The second-order valence-electron chi connectivity index (χ2n) is 8.90. The number of aromatic amines is 1. The summed E-state index contributed by atoms with van der Waals surface area (Å²) in [5.74, 6) is 0.280. The summed E-state index contributed by atoms with van der Waals surface area (Å²) in [7, 11) is 0. The predicted octanol–water partition coefficient (Wildman–Crippen LogP) is 2.45. The van der Waals surface area contributed by atoms with E-state index in [0.29, 0.717) is 30.8 Å². The average molecular weight is 409 g/mol. The highest BCUT2D eigenvalue weighted by Crippen LogP contribution is 2.35. The van der Waals surface area contributed by atoms with Crippen LogP contribution in [0.5, 0.6) is 0 Å². The van der Waals surface area contributed by atoms with Gasteiger partial charge in [0, 0.05) is 56.7 Å². The van der Waals surface area contributed by atoms with E-state index in [1.54, 1.807) is 24.5 Å². The molecule has 1 N–H and O–H groups in total. The Labute approximate surface area is 175 Å². The van der Waals surface area contributed by atoms with Gasteiger partial charge in [0.05, 0.1) is 5.56 Å². The van der Waals surface area contributed by atoms with Gasteiger partial charge in [0.1, 0.15) is 5.56 Å². The molecule has 3 aliphatic rings. The average Bonchev–Trinajstić information content (AvgIpc) is 3.16. The molecule has 0 radical (unpaired) electrons. The van der Waals surface area contributed by atoms with E-state index in [4.69, 9.17) is 0 Å². The molecule has 2 fully saturated rings. The molecule has 2 amide bonds. The quantitative estimate of drug-likeness (QED) is 0.829. The number of amides is 2. The zero-order chi connectivity index (χ0) is 20.7. The maximum Gasteiger partial charge on any atom is 0.263 e. The van der Waals surface area contributed by atoms with Gasteiger partial charge in [-0.1, -0.05) is 12.8 Å². The highest BCUT2D eigenvalue weighted by Gasteiger charge is 2.37. The molecule has 0 saturated carbocycles. The number of aromatic nitrogens is 2. The van der Waals surface area contributed by atoms with Gasteiger partial charge in [-0.2, -0.15) is 0 Å². The van der Waals surface area contributed by atoms with Crippen LogP contribution in [0.3, 0.4) is 0 Å². The monoisotopic (exact) mass is 408 g/mol. The van der Waals surface area contributed by atoms with Crippen LogP contribution in [0.4, 0.5) is 0 Å². The zero-order valence-corrected chi connectivity index (χ0v) is 17.2. The molecule has 7 nitrogen and oxygen atoms in total. The largest absolute Gasteiger partial charge is 0.367 e. The molecular formula is C23H28N4O3. The van der Waals surface area contributed by atoms with Crippen molar-refractivity contribution in [2.75, 3.05) is 26.2 Å². The third kappa shape index (κ3) is 3.36. The Morgan fingerprint density at radius 2 is 1.70 bits per heavy atom. The van der Waals surface area contributed by atoms with Crippen LogP contribution in [0.25, 0.3) is 0 Å². The molecule has 2 aromatic rings. The minimum atomic E-state index is -0.165. The van der Waals surface area contributed by atoms with Crippen molar-refractivity contribution < 1.29 is 9.59 Å². The molecule has 2 saturated heterocycles. The molecule has 158 valence electrons. The van der Waals surface area contributed by atoms with Gasteiger partial charge in [-0.05, 0) is 43.4 Å². The topological polar surface area (TPSA) is 78.4 Å². The van der Waals surface area contributed by atoms with E-state index in [1.165, 1.54) is 0 Å². The first kappa shape index (κ1) is 19.2. The number of rotatable bonds is 2. The summed E-state index contributed by atoms with van der Waals surface area (Å²) < 4.78 is 1.81. The van der Waals surface area contributed by atoms with Crippen molar-refractivity contribution in [3.63, 3.8) is 0 Å². The highest BCUT2D eigenvalue weighted by atomic mass is 16.2. The number of hydrogen-bond donors (Lipinski definition) is 1. The highest BCUT2D eigenvalue weighted by molar-refractivity contribution is 5.94. The molecule has 3 aliphatic heterocycles. The van der Waals surface area contributed by atoms with Crippen LogP contribution in [0, 0.1) is 5.92 Å². The maximum absolute atomic E-state index is 13.2. The Balaban J connectivity index is 1.40. The van der Waals surface area contributed by atoms with E-state index in [9.17, 15) is 14.4 Å². The minimum absolute atomic E-state index is 0.0368. The molecule has 0 aliphatic carbocycles. The third-order valence-electron chi connectivity index (χ3n) is 6.86. The second kappa shape index (κ2) is 7.78.